The molecule has 0 aromatic heterocycles. The van der Waals surface area contributed by atoms with Gasteiger partial charge in [0.05, 0.1) is 5.41 Å². The van der Waals surface area contributed by atoms with E-state index in [1.165, 1.54) is 0 Å². The zero-order valence-corrected chi connectivity index (χ0v) is 10.4. The van der Waals surface area contributed by atoms with Crippen molar-refractivity contribution in [2.45, 2.75) is 37.9 Å². The van der Waals surface area contributed by atoms with E-state index >= 15 is 0 Å². The predicted octanol–water partition coefficient (Wildman–Crippen LogP) is 1.89. The Labute approximate surface area is 101 Å². The van der Waals surface area contributed by atoms with E-state index in [4.69, 9.17) is 9.47 Å². The van der Waals surface area contributed by atoms with Crippen LogP contribution < -0.4 is 0 Å². The van der Waals surface area contributed by atoms with Crippen LogP contribution in [0.4, 0.5) is 0 Å². The van der Waals surface area contributed by atoms with Gasteiger partial charge in [-0.15, -0.1) is 0 Å². The molecule has 4 bridgehead atoms. The summed E-state index contributed by atoms with van der Waals surface area (Å²) >= 11 is 0. The van der Waals surface area contributed by atoms with Crippen LogP contribution in [0.1, 0.15) is 32.1 Å². The van der Waals surface area contributed by atoms with Gasteiger partial charge < -0.3 is 14.6 Å². The molecule has 4 aliphatic rings. The van der Waals surface area contributed by atoms with E-state index < -0.39 is 17.2 Å². The fourth-order valence-corrected chi connectivity index (χ4v) is 4.94. The van der Waals surface area contributed by atoms with Crippen molar-refractivity contribution < 1.29 is 19.4 Å². The smallest absolute Gasteiger partial charge is 0.309 e. The molecule has 96 valence electrons. The number of rotatable bonds is 3. The van der Waals surface area contributed by atoms with Gasteiger partial charge in [-0.25, -0.2) is 0 Å². The molecule has 0 radical (unpaired) electrons. The van der Waals surface area contributed by atoms with Crippen LogP contribution in [-0.4, -0.2) is 31.1 Å². The second kappa shape index (κ2) is 3.45. The Morgan fingerprint density at radius 2 is 1.65 bits per heavy atom. The van der Waals surface area contributed by atoms with Crippen LogP contribution in [0.25, 0.3) is 0 Å². The van der Waals surface area contributed by atoms with E-state index in [0.29, 0.717) is 5.92 Å². The highest BCUT2D eigenvalue weighted by Crippen LogP contribution is 2.64. The van der Waals surface area contributed by atoms with Gasteiger partial charge in [0.15, 0.2) is 5.79 Å². The van der Waals surface area contributed by atoms with Gasteiger partial charge in [-0.1, -0.05) is 0 Å². The number of hydrogen-bond acceptors (Lipinski definition) is 3. The number of ether oxygens (including phenoxy) is 2. The van der Waals surface area contributed by atoms with Crippen molar-refractivity contribution in [2.75, 3.05) is 14.2 Å². The SMILES string of the molecule is COC1(OC)[C@@H]2CC3C[C@H]1CC(C(=O)O)(C3)C2. The summed E-state index contributed by atoms with van der Waals surface area (Å²) in [5.74, 6) is -0.0741. The van der Waals surface area contributed by atoms with Crippen molar-refractivity contribution in [2.24, 2.45) is 23.2 Å². The molecule has 4 atom stereocenters. The summed E-state index contributed by atoms with van der Waals surface area (Å²) in [6.45, 7) is 0. The highest BCUT2D eigenvalue weighted by atomic mass is 16.7. The predicted molar refractivity (Wildman–Crippen MR) is 60.4 cm³/mol. The van der Waals surface area contributed by atoms with Crippen LogP contribution in [-0.2, 0) is 14.3 Å². The van der Waals surface area contributed by atoms with E-state index in [0.717, 1.165) is 32.1 Å². The van der Waals surface area contributed by atoms with Gasteiger partial charge in [-0.2, -0.15) is 0 Å². The number of aliphatic carboxylic acids is 1. The second-order valence-corrected chi connectivity index (χ2v) is 6.06. The van der Waals surface area contributed by atoms with Crippen LogP contribution in [0.15, 0.2) is 0 Å². The molecule has 4 heteroatoms. The second-order valence-electron chi connectivity index (χ2n) is 6.06. The maximum Gasteiger partial charge on any atom is 0.309 e. The first-order valence-corrected chi connectivity index (χ1v) is 6.40. The Hall–Kier alpha value is -0.610. The molecular weight excluding hydrogens is 220 g/mol. The van der Waals surface area contributed by atoms with Crippen molar-refractivity contribution in [3.8, 4) is 0 Å². The van der Waals surface area contributed by atoms with E-state index in [2.05, 4.69) is 0 Å². The average molecular weight is 240 g/mol. The Morgan fingerprint density at radius 3 is 2.06 bits per heavy atom. The summed E-state index contributed by atoms with van der Waals surface area (Å²) in [6.07, 6.45) is 4.42. The first kappa shape index (κ1) is 11.5. The molecule has 1 N–H and O–H groups in total. The number of carboxylic acid groups (broad SMARTS) is 1. The molecule has 0 aliphatic heterocycles. The largest absolute Gasteiger partial charge is 0.481 e. The van der Waals surface area contributed by atoms with Gasteiger partial charge in [0, 0.05) is 26.1 Å². The summed E-state index contributed by atoms with van der Waals surface area (Å²) in [5.41, 5.74) is -0.489. The van der Waals surface area contributed by atoms with Crippen molar-refractivity contribution in [3.63, 3.8) is 0 Å². The molecule has 4 fully saturated rings. The lowest BCUT2D eigenvalue weighted by molar-refractivity contribution is -0.329. The molecule has 0 saturated heterocycles. The Balaban J connectivity index is 1.98. The summed E-state index contributed by atoms with van der Waals surface area (Å²) in [7, 11) is 3.39. The number of methoxy groups -OCH3 is 2. The van der Waals surface area contributed by atoms with E-state index in [1.807, 2.05) is 0 Å². The van der Waals surface area contributed by atoms with Crippen LogP contribution in [0.3, 0.4) is 0 Å². The standard InChI is InChI=1S/C13H20O4/c1-16-13(17-2)9-3-8-4-10(13)7-12(5-8,6-9)11(14)15/h8-10H,3-7H2,1-2H3,(H,14,15)/t8?,9-,10+,12?. The Kier molecular flexibility index (Phi) is 2.33. The molecule has 4 aliphatic carbocycles. The minimum absolute atomic E-state index is 0.250. The molecule has 0 heterocycles. The third-order valence-electron chi connectivity index (χ3n) is 5.42. The highest BCUT2D eigenvalue weighted by molar-refractivity contribution is 5.75. The zero-order valence-electron chi connectivity index (χ0n) is 10.4. The van der Waals surface area contributed by atoms with Crippen molar-refractivity contribution in [1.29, 1.82) is 0 Å². The molecule has 0 aromatic carbocycles. The van der Waals surface area contributed by atoms with E-state index in [-0.39, 0.29) is 11.8 Å². The molecule has 4 nitrogen and oxygen atoms in total. The van der Waals surface area contributed by atoms with Gasteiger partial charge in [0.1, 0.15) is 0 Å². The summed E-state index contributed by atoms with van der Waals surface area (Å²) in [4.78, 5) is 11.6. The summed E-state index contributed by atoms with van der Waals surface area (Å²) in [6, 6.07) is 0. The monoisotopic (exact) mass is 240 g/mol. The van der Waals surface area contributed by atoms with Crippen LogP contribution in [0, 0.1) is 23.2 Å². The number of hydrogen-bond donors (Lipinski definition) is 1. The van der Waals surface area contributed by atoms with Gasteiger partial charge >= 0.3 is 5.97 Å². The molecule has 0 aromatic rings. The summed E-state index contributed by atoms with van der Waals surface area (Å²) < 4.78 is 11.3. The topological polar surface area (TPSA) is 55.8 Å². The van der Waals surface area contributed by atoms with Crippen molar-refractivity contribution in [3.05, 3.63) is 0 Å². The molecule has 4 saturated carbocycles. The van der Waals surface area contributed by atoms with Crippen LogP contribution >= 0.6 is 0 Å². The van der Waals surface area contributed by atoms with Gasteiger partial charge in [-0.3, -0.25) is 4.79 Å². The summed E-state index contributed by atoms with van der Waals surface area (Å²) in [5, 5.41) is 9.51. The van der Waals surface area contributed by atoms with Gasteiger partial charge in [-0.05, 0) is 38.0 Å². The minimum atomic E-state index is -0.613. The lowest BCUT2D eigenvalue weighted by atomic mass is 9.47. The van der Waals surface area contributed by atoms with Gasteiger partial charge in [0.25, 0.3) is 0 Å². The third kappa shape index (κ3) is 1.28. The van der Waals surface area contributed by atoms with E-state index in [1.54, 1.807) is 14.2 Å². The quantitative estimate of drug-likeness (QED) is 0.765. The molecule has 4 rings (SSSR count). The van der Waals surface area contributed by atoms with E-state index in [9.17, 15) is 9.90 Å². The molecule has 0 spiro atoms. The van der Waals surface area contributed by atoms with Gasteiger partial charge in [0.2, 0.25) is 0 Å². The molecule has 0 amide bonds. The van der Waals surface area contributed by atoms with Crippen molar-refractivity contribution in [1.82, 2.24) is 0 Å². The first-order chi connectivity index (χ1) is 8.06. The number of carboxylic acids is 1. The fourth-order valence-electron chi connectivity index (χ4n) is 4.94. The van der Waals surface area contributed by atoms with Crippen molar-refractivity contribution >= 4 is 5.97 Å². The lowest BCUT2D eigenvalue weighted by Gasteiger charge is -2.62. The Morgan fingerprint density at radius 1 is 1.12 bits per heavy atom. The normalized spacial score (nSPS) is 46.1. The molecule has 2 unspecified atom stereocenters. The first-order valence-electron chi connectivity index (χ1n) is 6.40. The molecular formula is C13H20O4. The maximum absolute atomic E-state index is 11.6. The molecule has 17 heavy (non-hydrogen) atoms. The lowest BCUT2D eigenvalue weighted by Crippen LogP contribution is -2.64. The minimum Gasteiger partial charge on any atom is -0.481 e. The Bertz CT molecular complexity index is 329. The third-order valence-corrected chi connectivity index (χ3v) is 5.42. The number of carbonyl (C=O) groups is 1. The van der Waals surface area contributed by atoms with Crippen LogP contribution in [0.2, 0.25) is 0 Å². The fraction of sp³-hybridized carbons (Fsp3) is 0.923. The zero-order chi connectivity index (χ0) is 12.3. The highest BCUT2D eigenvalue weighted by Gasteiger charge is 2.65. The maximum atomic E-state index is 11.6. The van der Waals surface area contributed by atoms with Crippen LogP contribution in [0.5, 0.6) is 0 Å². The average Bonchev–Trinajstić information content (AvgIpc) is 2.29.